The van der Waals surface area contributed by atoms with Crippen molar-refractivity contribution < 1.29 is 23.1 Å². The molecular formula is C17H28N2O5S. The normalized spacial score (nSPS) is 34.9. The van der Waals surface area contributed by atoms with Gasteiger partial charge >= 0.3 is 0 Å². The molecule has 2 aliphatic heterocycles. The second kappa shape index (κ2) is 6.18. The van der Waals surface area contributed by atoms with Crippen LogP contribution < -0.4 is 4.72 Å². The van der Waals surface area contributed by atoms with Crippen LogP contribution in [0.25, 0.3) is 0 Å². The second-order valence-corrected chi connectivity index (χ2v) is 10.4. The van der Waals surface area contributed by atoms with Gasteiger partial charge in [0.05, 0.1) is 22.9 Å². The van der Waals surface area contributed by atoms with E-state index in [1.54, 1.807) is 4.90 Å². The Morgan fingerprint density at radius 1 is 1.24 bits per heavy atom. The molecule has 2 saturated heterocycles. The van der Waals surface area contributed by atoms with Gasteiger partial charge in [0.15, 0.2) is 0 Å². The summed E-state index contributed by atoms with van der Waals surface area (Å²) >= 11 is 0. The van der Waals surface area contributed by atoms with E-state index in [-0.39, 0.29) is 23.6 Å². The molecule has 2 N–H and O–H groups in total. The van der Waals surface area contributed by atoms with Gasteiger partial charge in [0.25, 0.3) is 0 Å². The van der Waals surface area contributed by atoms with E-state index >= 15 is 0 Å². The first-order valence-electron chi connectivity index (χ1n) is 9.45. The molecule has 0 bridgehead atoms. The number of carbonyl (C=O) groups excluding carboxylic acids is 1. The monoisotopic (exact) mass is 372 g/mol. The lowest BCUT2D eigenvalue weighted by Crippen LogP contribution is -2.51. The fraction of sp³-hybridized carbons (Fsp3) is 0.941. The molecule has 2 saturated carbocycles. The first kappa shape index (κ1) is 17.7. The molecule has 4 fully saturated rings. The summed E-state index contributed by atoms with van der Waals surface area (Å²) in [5.41, 5.74) is -1.24. The maximum absolute atomic E-state index is 12.5. The Bertz CT molecular complexity index is 643. The average molecular weight is 372 g/mol. The van der Waals surface area contributed by atoms with E-state index < -0.39 is 21.2 Å². The predicted octanol–water partition coefficient (Wildman–Crippen LogP) is 0.523. The van der Waals surface area contributed by atoms with Crippen LogP contribution in [0.5, 0.6) is 0 Å². The number of carbonyl (C=O) groups is 1. The van der Waals surface area contributed by atoms with Gasteiger partial charge in [0.2, 0.25) is 15.9 Å². The zero-order valence-corrected chi connectivity index (χ0v) is 15.4. The summed E-state index contributed by atoms with van der Waals surface area (Å²) in [6, 6.07) is -0.106. The Hall–Kier alpha value is -0.700. The number of rotatable bonds is 5. The molecule has 0 aromatic rings. The minimum atomic E-state index is -3.20. The lowest BCUT2D eigenvalue weighted by atomic mass is 9.77. The van der Waals surface area contributed by atoms with Gasteiger partial charge < -0.3 is 14.7 Å². The quantitative estimate of drug-likeness (QED) is 0.734. The molecule has 8 heteroatoms. The summed E-state index contributed by atoms with van der Waals surface area (Å²) < 4.78 is 33.2. The Labute approximate surface area is 149 Å². The van der Waals surface area contributed by atoms with Crippen molar-refractivity contribution in [3.8, 4) is 0 Å². The lowest BCUT2D eigenvalue weighted by molar-refractivity contribution is -0.142. The van der Waals surface area contributed by atoms with Crippen LogP contribution in [-0.2, 0) is 19.6 Å². The van der Waals surface area contributed by atoms with E-state index in [1.165, 1.54) is 0 Å². The average Bonchev–Trinajstić information content (AvgIpc) is 3.30. The largest absolute Gasteiger partial charge is 0.389 e. The Kier molecular flexibility index (Phi) is 4.38. The molecule has 1 amide bonds. The van der Waals surface area contributed by atoms with E-state index in [2.05, 4.69) is 4.72 Å². The van der Waals surface area contributed by atoms with E-state index in [4.69, 9.17) is 4.74 Å². The molecule has 2 aliphatic carbocycles. The van der Waals surface area contributed by atoms with Crippen LogP contribution in [0.15, 0.2) is 0 Å². The van der Waals surface area contributed by atoms with Gasteiger partial charge in [-0.1, -0.05) is 0 Å². The number of nitrogens with zero attached hydrogens (tertiary/aromatic N) is 1. The third-order valence-electron chi connectivity index (χ3n) is 6.22. The summed E-state index contributed by atoms with van der Waals surface area (Å²) in [5.74, 6) is -0.0108. The zero-order valence-electron chi connectivity index (χ0n) is 14.6. The first-order valence-corrected chi connectivity index (χ1v) is 11.0. The SMILES string of the molecule is O=C(CC1(O)CCC1)N1CC[C@@]2(C[C@H](NS(=O)(=O)C3CC3)CCO2)C1. The van der Waals surface area contributed by atoms with Crippen molar-refractivity contribution in [2.45, 2.75) is 80.3 Å². The maximum Gasteiger partial charge on any atom is 0.225 e. The number of nitrogens with one attached hydrogen (secondary N) is 1. The van der Waals surface area contributed by atoms with E-state index in [9.17, 15) is 18.3 Å². The van der Waals surface area contributed by atoms with E-state index in [0.29, 0.717) is 45.4 Å². The van der Waals surface area contributed by atoms with Crippen molar-refractivity contribution in [2.24, 2.45) is 0 Å². The van der Waals surface area contributed by atoms with Crippen LogP contribution in [0.3, 0.4) is 0 Å². The third kappa shape index (κ3) is 3.72. The fourth-order valence-corrected chi connectivity index (χ4v) is 5.95. The minimum Gasteiger partial charge on any atom is -0.389 e. The zero-order chi connectivity index (χ0) is 17.7. The molecule has 0 unspecified atom stereocenters. The first-order chi connectivity index (χ1) is 11.8. The highest BCUT2D eigenvalue weighted by Gasteiger charge is 2.47. The van der Waals surface area contributed by atoms with Crippen molar-refractivity contribution in [1.29, 1.82) is 0 Å². The molecular weight excluding hydrogens is 344 g/mol. The highest BCUT2D eigenvalue weighted by molar-refractivity contribution is 7.90. The van der Waals surface area contributed by atoms with Gasteiger partial charge in [0, 0.05) is 25.7 Å². The number of amides is 1. The molecule has 0 radical (unpaired) electrons. The fourth-order valence-electron chi connectivity index (χ4n) is 4.33. The van der Waals surface area contributed by atoms with Crippen molar-refractivity contribution in [1.82, 2.24) is 9.62 Å². The molecule has 0 aromatic carbocycles. The van der Waals surface area contributed by atoms with Crippen molar-refractivity contribution >= 4 is 15.9 Å². The Morgan fingerprint density at radius 3 is 2.64 bits per heavy atom. The third-order valence-corrected chi connectivity index (χ3v) is 8.23. The summed E-state index contributed by atoms with van der Waals surface area (Å²) in [5, 5.41) is 10.0. The van der Waals surface area contributed by atoms with Gasteiger partial charge in [0.1, 0.15) is 0 Å². The molecule has 0 aromatic heterocycles. The number of hydrogen-bond acceptors (Lipinski definition) is 5. The van der Waals surface area contributed by atoms with Gasteiger partial charge in [-0.25, -0.2) is 13.1 Å². The van der Waals surface area contributed by atoms with Gasteiger partial charge in [-0.05, 0) is 51.4 Å². The summed E-state index contributed by atoms with van der Waals surface area (Å²) in [6.07, 6.45) is 6.15. The predicted molar refractivity (Wildman–Crippen MR) is 91.4 cm³/mol. The van der Waals surface area contributed by atoms with Gasteiger partial charge in [-0.15, -0.1) is 0 Å². The minimum absolute atomic E-state index is 0.0108. The molecule has 7 nitrogen and oxygen atoms in total. The molecule has 4 aliphatic rings. The highest BCUT2D eigenvalue weighted by atomic mass is 32.2. The number of sulfonamides is 1. The Balaban J connectivity index is 1.35. The molecule has 2 atom stereocenters. The van der Waals surface area contributed by atoms with Crippen LogP contribution in [0.4, 0.5) is 0 Å². The summed E-state index contributed by atoms with van der Waals surface area (Å²) in [7, 11) is -3.20. The summed E-state index contributed by atoms with van der Waals surface area (Å²) in [4.78, 5) is 14.3. The smallest absolute Gasteiger partial charge is 0.225 e. The number of ether oxygens (including phenoxy) is 1. The van der Waals surface area contributed by atoms with Crippen molar-refractivity contribution in [2.75, 3.05) is 19.7 Å². The van der Waals surface area contributed by atoms with Crippen molar-refractivity contribution in [3.63, 3.8) is 0 Å². The molecule has 142 valence electrons. The Morgan fingerprint density at radius 2 is 2.00 bits per heavy atom. The van der Waals surface area contributed by atoms with Crippen LogP contribution in [0.2, 0.25) is 0 Å². The topological polar surface area (TPSA) is 95.9 Å². The lowest BCUT2D eigenvalue weighted by Gasteiger charge is -2.39. The molecule has 2 heterocycles. The number of likely N-dealkylation sites (tertiary alicyclic amines) is 1. The highest BCUT2D eigenvalue weighted by Crippen LogP contribution is 2.38. The standard InChI is InChI=1S/C17H28N2O5S/c20-15(11-16(21)5-1-6-16)19-8-7-17(12-19)10-13(4-9-24-17)18-25(22,23)14-2-3-14/h13-14,18,21H,1-12H2/t13-,17-/m1/s1. The van der Waals surface area contributed by atoms with Gasteiger partial charge in [-0.3, -0.25) is 4.79 Å². The van der Waals surface area contributed by atoms with Crippen LogP contribution in [-0.4, -0.2) is 66.5 Å². The van der Waals surface area contributed by atoms with Gasteiger partial charge in [-0.2, -0.15) is 0 Å². The molecule has 25 heavy (non-hydrogen) atoms. The van der Waals surface area contributed by atoms with E-state index in [0.717, 1.165) is 25.7 Å². The number of hydrogen-bond donors (Lipinski definition) is 2. The summed E-state index contributed by atoms with van der Waals surface area (Å²) in [6.45, 7) is 1.64. The molecule has 1 spiro atoms. The number of aliphatic hydroxyl groups is 1. The van der Waals surface area contributed by atoms with E-state index in [1.807, 2.05) is 0 Å². The molecule has 4 rings (SSSR count). The van der Waals surface area contributed by atoms with Crippen LogP contribution >= 0.6 is 0 Å². The van der Waals surface area contributed by atoms with Crippen molar-refractivity contribution in [3.05, 3.63) is 0 Å². The van der Waals surface area contributed by atoms with Crippen LogP contribution in [0.1, 0.15) is 57.8 Å². The maximum atomic E-state index is 12.5. The second-order valence-electron chi connectivity index (χ2n) is 8.40. The van der Waals surface area contributed by atoms with Crippen LogP contribution in [0, 0.1) is 0 Å².